The number of ether oxygens (including phenoxy) is 1. The van der Waals surface area contributed by atoms with Gasteiger partial charge in [-0.3, -0.25) is 0 Å². The van der Waals surface area contributed by atoms with Gasteiger partial charge in [-0.1, -0.05) is 0 Å². The monoisotopic (exact) mass is 196 g/mol. The molecule has 0 bridgehead atoms. The van der Waals surface area contributed by atoms with E-state index < -0.39 is 0 Å². The molecule has 1 saturated heterocycles. The maximum Gasteiger partial charge on any atom is 0.128 e. The van der Waals surface area contributed by atoms with Gasteiger partial charge in [0.2, 0.25) is 0 Å². The SMILES string of the molecule is Sc1ccc(N2CCOCC2)nc1. The Hall–Kier alpha value is -0.740. The van der Waals surface area contributed by atoms with Gasteiger partial charge in [0, 0.05) is 24.2 Å². The molecule has 70 valence electrons. The van der Waals surface area contributed by atoms with E-state index in [1.807, 2.05) is 12.1 Å². The minimum Gasteiger partial charge on any atom is -0.378 e. The summed E-state index contributed by atoms with van der Waals surface area (Å²) in [7, 11) is 0. The predicted octanol–water partition coefficient (Wildman–Crippen LogP) is 1.21. The number of rotatable bonds is 1. The lowest BCUT2D eigenvalue weighted by Gasteiger charge is -2.27. The number of aromatic nitrogens is 1. The largest absolute Gasteiger partial charge is 0.378 e. The third-order valence-corrected chi connectivity index (χ3v) is 2.33. The van der Waals surface area contributed by atoms with E-state index >= 15 is 0 Å². The van der Waals surface area contributed by atoms with Gasteiger partial charge in [-0.2, -0.15) is 0 Å². The standard InChI is InChI=1S/C9H12N2OS/c13-8-1-2-9(10-7-8)11-3-5-12-6-4-11/h1-2,7,13H,3-6H2. The summed E-state index contributed by atoms with van der Waals surface area (Å²) in [5.74, 6) is 1.01. The summed E-state index contributed by atoms with van der Waals surface area (Å²) >= 11 is 4.19. The van der Waals surface area contributed by atoms with E-state index in [1.54, 1.807) is 6.20 Å². The molecule has 0 radical (unpaired) electrons. The highest BCUT2D eigenvalue weighted by Crippen LogP contribution is 2.14. The minimum absolute atomic E-state index is 0.796. The minimum atomic E-state index is 0.796. The Labute approximate surface area is 83.1 Å². The number of nitrogens with zero attached hydrogens (tertiary/aromatic N) is 2. The molecule has 1 fully saturated rings. The van der Waals surface area contributed by atoms with Crippen LogP contribution in [0.2, 0.25) is 0 Å². The molecule has 0 N–H and O–H groups in total. The molecule has 3 nitrogen and oxygen atoms in total. The molecule has 0 saturated carbocycles. The van der Waals surface area contributed by atoms with Gasteiger partial charge < -0.3 is 9.64 Å². The van der Waals surface area contributed by atoms with Gasteiger partial charge >= 0.3 is 0 Å². The molecular weight excluding hydrogens is 184 g/mol. The van der Waals surface area contributed by atoms with Crippen LogP contribution in [0, 0.1) is 0 Å². The Morgan fingerprint density at radius 1 is 1.31 bits per heavy atom. The van der Waals surface area contributed by atoms with Crippen LogP contribution in [0.15, 0.2) is 23.2 Å². The van der Waals surface area contributed by atoms with E-state index in [-0.39, 0.29) is 0 Å². The molecule has 0 aromatic carbocycles. The predicted molar refractivity (Wildman–Crippen MR) is 54.5 cm³/mol. The van der Waals surface area contributed by atoms with E-state index in [9.17, 15) is 0 Å². The molecule has 1 aromatic heterocycles. The van der Waals surface area contributed by atoms with Crippen LogP contribution in [-0.2, 0) is 4.74 Å². The van der Waals surface area contributed by atoms with Crippen molar-refractivity contribution in [3.05, 3.63) is 18.3 Å². The summed E-state index contributed by atoms with van der Waals surface area (Å²) < 4.78 is 5.26. The van der Waals surface area contributed by atoms with Crippen LogP contribution in [-0.4, -0.2) is 31.3 Å². The van der Waals surface area contributed by atoms with Crippen LogP contribution in [0.5, 0.6) is 0 Å². The summed E-state index contributed by atoms with van der Waals surface area (Å²) in [5, 5.41) is 0. The topological polar surface area (TPSA) is 25.4 Å². The van der Waals surface area contributed by atoms with Crippen molar-refractivity contribution in [2.45, 2.75) is 4.90 Å². The fourth-order valence-electron chi connectivity index (χ4n) is 1.36. The average Bonchev–Trinajstić information content (AvgIpc) is 2.20. The molecule has 2 heterocycles. The molecule has 2 rings (SSSR count). The highest BCUT2D eigenvalue weighted by Gasteiger charge is 2.11. The van der Waals surface area contributed by atoms with Crippen molar-refractivity contribution in [1.29, 1.82) is 0 Å². The molecule has 1 aliphatic rings. The first kappa shape index (κ1) is 8.84. The van der Waals surface area contributed by atoms with Crippen LogP contribution >= 0.6 is 12.6 Å². The maximum atomic E-state index is 5.26. The van der Waals surface area contributed by atoms with Gasteiger partial charge in [0.1, 0.15) is 5.82 Å². The lowest BCUT2D eigenvalue weighted by Crippen LogP contribution is -2.36. The second-order valence-corrected chi connectivity index (χ2v) is 3.49. The second kappa shape index (κ2) is 3.98. The summed E-state index contributed by atoms with van der Waals surface area (Å²) in [5.41, 5.74) is 0. The lowest BCUT2D eigenvalue weighted by molar-refractivity contribution is 0.122. The van der Waals surface area contributed by atoms with E-state index in [1.165, 1.54) is 0 Å². The third-order valence-electron chi connectivity index (χ3n) is 2.07. The zero-order valence-electron chi connectivity index (χ0n) is 7.31. The molecule has 13 heavy (non-hydrogen) atoms. The molecule has 0 unspecified atom stereocenters. The Morgan fingerprint density at radius 2 is 2.08 bits per heavy atom. The molecule has 0 amide bonds. The van der Waals surface area contributed by atoms with Crippen LogP contribution in [0.1, 0.15) is 0 Å². The van der Waals surface area contributed by atoms with E-state index in [2.05, 4.69) is 22.5 Å². The summed E-state index contributed by atoms with van der Waals surface area (Å²) in [4.78, 5) is 7.41. The molecule has 0 spiro atoms. The average molecular weight is 196 g/mol. The van der Waals surface area contributed by atoms with Crippen molar-refractivity contribution in [2.75, 3.05) is 31.2 Å². The summed E-state index contributed by atoms with van der Waals surface area (Å²) in [6.45, 7) is 3.45. The van der Waals surface area contributed by atoms with Gasteiger partial charge in [0.05, 0.1) is 13.2 Å². The molecule has 1 aliphatic heterocycles. The Bertz CT molecular complexity index is 269. The lowest BCUT2D eigenvalue weighted by atomic mass is 10.4. The van der Waals surface area contributed by atoms with E-state index in [0.29, 0.717) is 0 Å². The normalized spacial score (nSPS) is 17.5. The number of hydrogen-bond acceptors (Lipinski definition) is 4. The molecule has 0 aliphatic carbocycles. The molecule has 4 heteroatoms. The maximum absolute atomic E-state index is 5.26. The fourth-order valence-corrected chi connectivity index (χ4v) is 1.49. The Kier molecular flexibility index (Phi) is 2.71. The molecule has 0 atom stereocenters. The highest BCUT2D eigenvalue weighted by atomic mass is 32.1. The van der Waals surface area contributed by atoms with Gasteiger partial charge in [-0.25, -0.2) is 4.98 Å². The van der Waals surface area contributed by atoms with Crippen molar-refractivity contribution in [3.63, 3.8) is 0 Å². The highest BCUT2D eigenvalue weighted by molar-refractivity contribution is 7.80. The number of anilines is 1. The molecular formula is C9H12N2OS. The van der Waals surface area contributed by atoms with Crippen molar-refractivity contribution in [3.8, 4) is 0 Å². The number of thiol groups is 1. The number of morpholine rings is 1. The van der Waals surface area contributed by atoms with Crippen molar-refractivity contribution in [2.24, 2.45) is 0 Å². The van der Waals surface area contributed by atoms with Gasteiger partial charge in [-0.05, 0) is 12.1 Å². The van der Waals surface area contributed by atoms with E-state index in [0.717, 1.165) is 37.0 Å². The first-order valence-electron chi connectivity index (χ1n) is 4.34. The van der Waals surface area contributed by atoms with E-state index in [4.69, 9.17) is 4.74 Å². The quantitative estimate of drug-likeness (QED) is 0.683. The second-order valence-electron chi connectivity index (χ2n) is 2.97. The van der Waals surface area contributed by atoms with Crippen molar-refractivity contribution in [1.82, 2.24) is 4.98 Å². The Morgan fingerprint density at radius 3 is 2.69 bits per heavy atom. The zero-order chi connectivity index (χ0) is 9.10. The first-order valence-corrected chi connectivity index (χ1v) is 4.79. The zero-order valence-corrected chi connectivity index (χ0v) is 8.20. The smallest absolute Gasteiger partial charge is 0.128 e. The molecule has 1 aromatic rings. The number of pyridine rings is 1. The number of hydrogen-bond donors (Lipinski definition) is 1. The van der Waals surface area contributed by atoms with Crippen LogP contribution in [0.3, 0.4) is 0 Å². The summed E-state index contributed by atoms with van der Waals surface area (Å²) in [6, 6.07) is 3.95. The van der Waals surface area contributed by atoms with Gasteiger partial charge in [0.15, 0.2) is 0 Å². The van der Waals surface area contributed by atoms with Crippen LogP contribution < -0.4 is 4.90 Å². The van der Waals surface area contributed by atoms with Crippen molar-refractivity contribution >= 4 is 18.4 Å². The van der Waals surface area contributed by atoms with Crippen LogP contribution in [0.4, 0.5) is 5.82 Å². The summed E-state index contributed by atoms with van der Waals surface area (Å²) in [6.07, 6.45) is 1.77. The fraction of sp³-hybridized carbons (Fsp3) is 0.444. The third kappa shape index (κ3) is 2.14. The van der Waals surface area contributed by atoms with Gasteiger partial charge in [-0.15, -0.1) is 12.6 Å². The first-order chi connectivity index (χ1) is 6.36. The van der Waals surface area contributed by atoms with Gasteiger partial charge in [0.25, 0.3) is 0 Å². The van der Waals surface area contributed by atoms with Crippen molar-refractivity contribution < 1.29 is 4.74 Å². The van der Waals surface area contributed by atoms with Crippen LogP contribution in [0.25, 0.3) is 0 Å². The Balaban J connectivity index is 2.10.